The molecular weight excluding hydrogens is 214 g/mol. The largest absolute Gasteiger partial charge is 0.469 e. The van der Waals surface area contributed by atoms with Gasteiger partial charge in [-0.2, -0.15) is 0 Å². The highest BCUT2D eigenvalue weighted by atomic mass is 16.5. The second-order valence-electron chi connectivity index (χ2n) is 4.79. The van der Waals surface area contributed by atoms with Crippen LogP contribution in [-0.2, 0) is 9.53 Å². The SMILES string of the molecule is COC(=O)C1(CNC(C)c2ccccc2)CC1. The summed E-state index contributed by atoms with van der Waals surface area (Å²) in [6.07, 6.45) is 1.88. The molecule has 3 nitrogen and oxygen atoms in total. The Balaban J connectivity index is 1.89. The lowest BCUT2D eigenvalue weighted by molar-refractivity contribution is -0.146. The molecule has 0 heterocycles. The van der Waals surface area contributed by atoms with Gasteiger partial charge in [-0.15, -0.1) is 0 Å². The standard InChI is InChI=1S/C14H19NO2/c1-11(12-6-4-3-5-7-12)15-10-14(8-9-14)13(16)17-2/h3-7,11,15H,8-10H2,1-2H3. The lowest BCUT2D eigenvalue weighted by Crippen LogP contribution is -2.32. The first kappa shape index (κ1) is 12.1. The van der Waals surface area contributed by atoms with Crippen LogP contribution in [0.15, 0.2) is 30.3 Å². The normalized spacial score (nSPS) is 18.5. The predicted molar refractivity (Wildman–Crippen MR) is 66.5 cm³/mol. The molecule has 1 aliphatic carbocycles. The van der Waals surface area contributed by atoms with Crippen molar-refractivity contribution in [2.24, 2.45) is 5.41 Å². The Morgan fingerprint density at radius 2 is 2.06 bits per heavy atom. The van der Waals surface area contributed by atoms with Crippen molar-refractivity contribution in [2.45, 2.75) is 25.8 Å². The minimum Gasteiger partial charge on any atom is -0.469 e. The highest BCUT2D eigenvalue weighted by Gasteiger charge is 2.50. The molecule has 0 bridgehead atoms. The zero-order valence-corrected chi connectivity index (χ0v) is 10.4. The van der Waals surface area contributed by atoms with Crippen molar-refractivity contribution in [3.05, 3.63) is 35.9 Å². The molecule has 92 valence electrons. The van der Waals surface area contributed by atoms with Crippen molar-refractivity contribution >= 4 is 5.97 Å². The number of hydrogen-bond donors (Lipinski definition) is 1. The first-order valence-corrected chi connectivity index (χ1v) is 6.05. The molecule has 1 N–H and O–H groups in total. The Kier molecular flexibility index (Phi) is 3.48. The van der Waals surface area contributed by atoms with Gasteiger partial charge in [-0.05, 0) is 25.3 Å². The first-order chi connectivity index (χ1) is 8.18. The van der Waals surface area contributed by atoms with Gasteiger partial charge in [-0.3, -0.25) is 4.79 Å². The molecule has 1 aliphatic rings. The fourth-order valence-electron chi connectivity index (χ4n) is 2.03. The van der Waals surface area contributed by atoms with Gasteiger partial charge in [0.2, 0.25) is 0 Å². The molecule has 0 spiro atoms. The molecular formula is C14H19NO2. The molecule has 0 saturated heterocycles. The summed E-state index contributed by atoms with van der Waals surface area (Å²) in [6.45, 7) is 2.82. The Hall–Kier alpha value is -1.35. The Labute approximate surface area is 102 Å². The quantitative estimate of drug-likeness (QED) is 0.793. The summed E-state index contributed by atoms with van der Waals surface area (Å²) < 4.78 is 4.84. The maximum Gasteiger partial charge on any atom is 0.313 e. The van der Waals surface area contributed by atoms with E-state index >= 15 is 0 Å². The average Bonchev–Trinajstić information content (AvgIpc) is 3.17. The van der Waals surface area contributed by atoms with E-state index in [0.717, 1.165) is 12.8 Å². The second-order valence-corrected chi connectivity index (χ2v) is 4.79. The number of ether oxygens (including phenoxy) is 1. The maximum atomic E-state index is 11.6. The van der Waals surface area contributed by atoms with Crippen molar-refractivity contribution in [1.29, 1.82) is 0 Å². The fraction of sp³-hybridized carbons (Fsp3) is 0.500. The van der Waals surface area contributed by atoms with Crippen LogP contribution in [0.1, 0.15) is 31.4 Å². The van der Waals surface area contributed by atoms with Gasteiger partial charge >= 0.3 is 5.97 Å². The van der Waals surface area contributed by atoms with E-state index < -0.39 is 0 Å². The predicted octanol–water partition coefficient (Wildman–Crippen LogP) is 2.29. The van der Waals surface area contributed by atoms with Crippen LogP contribution in [0.3, 0.4) is 0 Å². The summed E-state index contributed by atoms with van der Waals surface area (Å²) >= 11 is 0. The monoisotopic (exact) mass is 233 g/mol. The maximum absolute atomic E-state index is 11.6. The minimum atomic E-state index is -0.252. The van der Waals surface area contributed by atoms with Crippen LogP contribution in [0.25, 0.3) is 0 Å². The molecule has 17 heavy (non-hydrogen) atoms. The molecule has 1 atom stereocenters. The van der Waals surface area contributed by atoms with Gasteiger partial charge in [-0.1, -0.05) is 30.3 Å². The molecule has 1 aromatic rings. The third kappa shape index (κ3) is 2.67. The van der Waals surface area contributed by atoms with Crippen LogP contribution >= 0.6 is 0 Å². The lowest BCUT2D eigenvalue weighted by Gasteiger charge is -2.18. The number of rotatable bonds is 5. The zero-order valence-electron chi connectivity index (χ0n) is 10.4. The molecule has 2 rings (SSSR count). The van der Waals surface area contributed by atoms with Gasteiger partial charge in [-0.25, -0.2) is 0 Å². The summed E-state index contributed by atoms with van der Waals surface area (Å²) in [5, 5.41) is 3.42. The Morgan fingerprint density at radius 3 is 2.59 bits per heavy atom. The Morgan fingerprint density at radius 1 is 1.41 bits per heavy atom. The number of carbonyl (C=O) groups excluding carboxylic acids is 1. The van der Waals surface area contributed by atoms with Gasteiger partial charge in [0.1, 0.15) is 0 Å². The summed E-state index contributed by atoms with van der Waals surface area (Å²) in [5.74, 6) is -0.0785. The summed E-state index contributed by atoms with van der Waals surface area (Å²) in [4.78, 5) is 11.6. The smallest absolute Gasteiger partial charge is 0.313 e. The van der Waals surface area contributed by atoms with Crippen LogP contribution < -0.4 is 5.32 Å². The fourth-order valence-corrected chi connectivity index (χ4v) is 2.03. The van der Waals surface area contributed by atoms with E-state index in [1.807, 2.05) is 18.2 Å². The number of benzene rings is 1. The van der Waals surface area contributed by atoms with Gasteiger partial charge in [0.25, 0.3) is 0 Å². The number of methoxy groups -OCH3 is 1. The van der Waals surface area contributed by atoms with Crippen LogP contribution in [0.2, 0.25) is 0 Å². The zero-order chi connectivity index (χ0) is 12.3. The van der Waals surface area contributed by atoms with E-state index in [1.54, 1.807) is 0 Å². The number of nitrogens with one attached hydrogen (secondary N) is 1. The van der Waals surface area contributed by atoms with Crippen molar-refractivity contribution in [3.63, 3.8) is 0 Å². The number of carbonyl (C=O) groups is 1. The average molecular weight is 233 g/mol. The molecule has 0 aliphatic heterocycles. The molecule has 1 saturated carbocycles. The van der Waals surface area contributed by atoms with Gasteiger partial charge in [0, 0.05) is 12.6 Å². The first-order valence-electron chi connectivity index (χ1n) is 6.05. The molecule has 0 aromatic heterocycles. The molecule has 1 unspecified atom stereocenters. The van der Waals surface area contributed by atoms with Crippen LogP contribution in [0, 0.1) is 5.41 Å². The minimum absolute atomic E-state index is 0.0785. The highest BCUT2D eigenvalue weighted by molar-refractivity contribution is 5.80. The Bertz CT molecular complexity index is 384. The summed E-state index contributed by atoms with van der Waals surface area (Å²) in [6, 6.07) is 10.5. The van der Waals surface area contributed by atoms with Crippen molar-refractivity contribution in [3.8, 4) is 0 Å². The lowest BCUT2D eigenvalue weighted by atomic mass is 10.1. The van der Waals surface area contributed by atoms with Gasteiger partial charge in [0.05, 0.1) is 12.5 Å². The number of hydrogen-bond acceptors (Lipinski definition) is 3. The van der Waals surface area contributed by atoms with Gasteiger partial charge in [0.15, 0.2) is 0 Å². The van der Waals surface area contributed by atoms with E-state index in [1.165, 1.54) is 12.7 Å². The van der Waals surface area contributed by atoms with E-state index in [9.17, 15) is 4.79 Å². The highest BCUT2D eigenvalue weighted by Crippen LogP contribution is 2.46. The summed E-state index contributed by atoms with van der Waals surface area (Å²) in [5.41, 5.74) is 0.991. The molecule has 1 aromatic carbocycles. The van der Waals surface area contributed by atoms with E-state index in [2.05, 4.69) is 24.4 Å². The summed E-state index contributed by atoms with van der Waals surface area (Å²) in [7, 11) is 1.46. The van der Waals surface area contributed by atoms with Crippen LogP contribution in [0.4, 0.5) is 0 Å². The second kappa shape index (κ2) is 4.88. The van der Waals surface area contributed by atoms with E-state index in [-0.39, 0.29) is 17.4 Å². The number of esters is 1. The molecule has 0 radical (unpaired) electrons. The van der Waals surface area contributed by atoms with Crippen molar-refractivity contribution in [2.75, 3.05) is 13.7 Å². The third-order valence-electron chi connectivity index (χ3n) is 3.52. The molecule has 1 fully saturated rings. The van der Waals surface area contributed by atoms with E-state index in [4.69, 9.17) is 4.74 Å². The van der Waals surface area contributed by atoms with Crippen molar-refractivity contribution in [1.82, 2.24) is 5.32 Å². The molecule has 3 heteroatoms. The van der Waals surface area contributed by atoms with Gasteiger partial charge < -0.3 is 10.1 Å². The van der Waals surface area contributed by atoms with Crippen LogP contribution in [0.5, 0.6) is 0 Å². The van der Waals surface area contributed by atoms with E-state index in [0.29, 0.717) is 6.54 Å². The topological polar surface area (TPSA) is 38.3 Å². The third-order valence-corrected chi connectivity index (χ3v) is 3.52. The van der Waals surface area contributed by atoms with Crippen LogP contribution in [-0.4, -0.2) is 19.6 Å². The molecule has 0 amide bonds. The van der Waals surface area contributed by atoms with Crippen molar-refractivity contribution < 1.29 is 9.53 Å².